The summed E-state index contributed by atoms with van der Waals surface area (Å²) in [4.78, 5) is 13.9. The summed E-state index contributed by atoms with van der Waals surface area (Å²) >= 11 is 0. The largest absolute Gasteiger partial charge is 0.459 e. The lowest BCUT2D eigenvalue weighted by Gasteiger charge is -2.32. The van der Waals surface area contributed by atoms with Crippen LogP contribution in [-0.4, -0.2) is 44.6 Å². The Labute approximate surface area is 112 Å². The first-order valence-corrected chi connectivity index (χ1v) is 8.06. The minimum absolute atomic E-state index is 0.178. The zero-order valence-corrected chi connectivity index (χ0v) is 11.9. The summed E-state index contributed by atoms with van der Waals surface area (Å²) in [6, 6.07) is 1.52. The summed E-state index contributed by atoms with van der Waals surface area (Å²) in [6.07, 6.45) is 4.13. The van der Waals surface area contributed by atoms with Crippen molar-refractivity contribution in [1.29, 1.82) is 0 Å². The van der Waals surface area contributed by atoms with Gasteiger partial charge in [-0.1, -0.05) is 0 Å². The fraction of sp³-hybridized carbons (Fsp3) is 0.583. The van der Waals surface area contributed by atoms with Crippen LogP contribution >= 0.6 is 0 Å². The maximum Gasteiger partial charge on any atom is 0.289 e. The maximum atomic E-state index is 12.2. The summed E-state index contributed by atoms with van der Waals surface area (Å²) in [5, 5.41) is 0. The molecule has 0 saturated carbocycles. The Morgan fingerprint density at radius 2 is 2.26 bits per heavy atom. The third-order valence-electron chi connectivity index (χ3n) is 3.15. The molecule has 0 aliphatic carbocycles. The highest BCUT2D eigenvalue weighted by Gasteiger charge is 2.28. The molecule has 19 heavy (non-hydrogen) atoms. The first-order chi connectivity index (χ1) is 8.87. The zero-order valence-electron chi connectivity index (χ0n) is 11.0. The summed E-state index contributed by atoms with van der Waals surface area (Å²) in [7, 11) is -3.25. The standard InChI is InChI=1S/C12H18N2O4S/c1-9-5-7-18-11(9)12(15)14-6-3-4-10(8-14)13-19(2,16)17/h5,7,10,13H,3-4,6,8H2,1-2H3/t10-/m1/s1. The fourth-order valence-corrected chi connectivity index (χ4v) is 3.09. The molecule has 0 aromatic carbocycles. The molecule has 2 rings (SSSR count). The maximum absolute atomic E-state index is 12.2. The molecule has 1 aromatic rings. The number of sulfonamides is 1. The van der Waals surface area contributed by atoms with Crippen LogP contribution < -0.4 is 4.72 Å². The van der Waals surface area contributed by atoms with Gasteiger partial charge in [-0.15, -0.1) is 0 Å². The predicted molar refractivity (Wildman–Crippen MR) is 70.4 cm³/mol. The normalized spacial score (nSPS) is 20.5. The molecule has 0 spiro atoms. The van der Waals surface area contributed by atoms with Gasteiger partial charge >= 0.3 is 0 Å². The lowest BCUT2D eigenvalue weighted by atomic mass is 10.1. The minimum Gasteiger partial charge on any atom is -0.459 e. The third-order valence-corrected chi connectivity index (χ3v) is 3.91. The number of nitrogens with one attached hydrogen (secondary N) is 1. The summed E-state index contributed by atoms with van der Waals surface area (Å²) in [5.74, 6) is 0.155. The average molecular weight is 286 g/mol. The lowest BCUT2D eigenvalue weighted by molar-refractivity contribution is 0.0670. The van der Waals surface area contributed by atoms with Crippen LogP contribution in [-0.2, 0) is 10.0 Å². The Kier molecular flexibility index (Phi) is 3.96. The van der Waals surface area contributed by atoms with Crippen LogP contribution in [0.1, 0.15) is 29.0 Å². The molecule has 0 unspecified atom stereocenters. The van der Waals surface area contributed by atoms with Crippen molar-refractivity contribution in [2.75, 3.05) is 19.3 Å². The Hall–Kier alpha value is -1.34. The van der Waals surface area contributed by atoms with Crippen LogP contribution in [0.2, 0.25) is 0 Å². The van der Waals surface area contributed by atoms with Gasteiger partial charge in [0.05, 0.1) is 12.5 Å². The van der Waals surface area contributed by atoms with E-state index in [2.05, 4.69) is 4.72 Å². The van der Waals surface area contributed by atoms with E-state index in [-0.39, 0.29) is 11.9 Å². The number of piperidine rings is 1. The molecule has 1 aliphatic heterocycles. The van der Waals surface area contributed by atoms with Crippen molar-refractivity contribution in [3.8, 4) is 0 Å². The topological polar surface area (TPSA) is 79.6 Å². The van der Waals surface area contributed by atoms with Gasteiger partial charge in [-0.25, -0.2) is 13.1 Å². The SMILES string of the molecule is Cc1ccoc1C(=O)N1CCC[C@@H](NS(C)(=O)=O)C1. The zero-order chi connectivity index (χ0) is 14.0. The van der Waals surface area contributed by atoms with E-state index in [0.717, 1.165) is 24.7 Å². The number of hydrogen-bond donors (Lipinski definition) is 1. The molecule has 1 amide bonds. The van der Waals surface area contributed by atoms with Crippen LogP contribution in [0.25, 0.3) is 0 Å². The van der Waals surface area contributed by atoms with Gasteiger partial charge in [0.15, 0.2) is 5.76 Å². The number of carbonyl (C=O) groups excluding carboxylic acids is 1. The highest BCUT2D eigenvalue weighted by molar-refractivity contribution is 7.88. The summed E-state index contributed by atoms with van der Waals surface area (Å²) in [5.41, 5.74) is 0.795. The van der Waals surface area contributed by atoms with Crippen LogP contribution in [0.3, 0.4) is 0 Å². The van der Waals surface area contributed by atoms with Crippen LogP contribution in [0.5, 0.6) is 0 Å². The van der Waals surface area contributed by atoms with Gasteiger partial charge in [0, 0.05) is 24.7 Å². The van der Waals surface area contributed by atoms with Gasteiger partial charge in [0.1, 0.15) is 0 Å². The van der Waals surface area contributed by atoms with E-state index in [4.69, 9.17) is 4.42 Å². The van der Waals surface area contributed by atoms with Gasteiger partial charge in [0.25, 0.3) is 5.91 Å². The molecular formula is C12H18N2O4S. The van der Waals surface area contributed by atoms with E-state index >= 15 is 0 Å². The molecule has 106 valence electrons. The Balaban J connectivity index is 2.05. The molecule has 1 fully saturated rings. The van der Waals surface area contributed by atoms with E-state index in [1.807, 2.05) is 6.92 Å². The van der Waals surface area contributed by atoms with Gasteiger partial charge in [-0.05, 0) is 25.8 Å². The van der Waals surface area contributed by atoms with Gasteiger partial charge < -0.3 is 9.32 Å². The van der Waals surface area contributed by atoms with Gasteiger partial charge in [-0.3, -0.25) is 4.79 Å². The second-order valence-electron chi connectivity index (χ2n) is 4.91. The average Bonchev–Trinajstić information content (AvgIpc) is 2.72. The van der Waals surface area contributed by atoms with Crippen molar-refractivity contribution in [3.63, 3.8) is 0 Å². The quantitative estimate of drug-likeness (QED) is 0.889. The highest BCUT2D eigenvalue weighted by atomic mass is 32.2. The fourth-order valence-electron chi connectivity index (χ4n) is 2.30. The van der Waals surface area contributed by atoms with Crippen LogP contribution in [0.15, 0.2) is 16.7 Å². The first kappa shape index (κ1) is 14.1. The molecule has 1 N–H and O–H groups in total. The second-order valence-corrected chi connectivity index (χ2v) is 6.69. The van der Waals surface area contributed by atoms with E-state index in [9.17, 15) is 13.2 Å². The molecule has 0 bridgehead atoms. The summed E-state index contributed by atoms with van der Waals surface area (Å²) in [6.45, 7) is 2.82. The molecular weight excluding hydrogens is 268 g/mol. The van der Waals surface area contributed by atoms with Crippen molar-refractivity contribution in [2.45, 2.75) is 25.8 Å². The molecule has 0 radical (unpaired) electrons. The van der Waals surface area contributed by atoms with Crippen molar-refractivity contribution in [1.82, 2.24) is 9.62 Å². The number of aryl methyl sites for hydroxylation is 1. The van der Waals surface area contributed by atoms with Crippen LogP contribution in [0, 0.1) is 6.92 Å². The molecule has 1 saturated heterocycles. The van der Waals surface area contributed by atoms with Crippen molar-refractivity contribution in [3.05, 3.63) is 23.7 Å². The molecule has 1 aromatic heterocycles. The second kappa shape index (κ2) is 5.34. The number of likely N-dealkylation sites (tertiary alicyclic amines) is 1. The molecule has 1 aliphatic rings. The van der Waals surface area contributed by atoms with Crippen molar-refractivity contribution >= 4 is 15.9 Å². The van der Waals surface area contributed by atoms with E-state index in [0.29, 0.717) is 18.8 Å². The minimum atomic E-state index is -3.25. The predicted octanol–water partition coefficient (Wildman–Crippen LogP) is 0.742. The number of carbonyl (C=O) groups is 1. The molecule has 6 nitrogen and oxygen atoms in total. The number of amides is 1. The Morgan fingerprint density at radius 3 is 2.84 bits per heavy atom. The lowest BCUT2D eigenvalue weighted by Crippen LogP contribution is -2.49. The highest BCUT2D eigenvalue weighted by Crippen LogP contribution is 2.17. The number of hydrogen-bond acceptors (Lipinski definition) is 4. The third kappa shape index (κ3) is 3.57. The van der Waals surface area contributed by atoms with E-state index in [1.165, 1.54) is 6.26 Å². The van der Waals surface area contributed by atoms with E-state index in [1.54, 1.807) is 11.0 Å². The molecule has 1 atom stereocenters. The van der Waals surface area contributed by atoms with Gasteiger partial charge in [0.2, 0.25) is 10.0 Å². The van der Waals surface area contributed by atoms with E-state index < -0.39 is 10.0 Å². The van der Waals surface area contributed by atoms with Crippen molar-refractivity contribution in [2.24, 2.45) is 0 Å². The van der Waals surface area contributed by atoms with Crippen molar-refractivity contribution < 1.29 is 17.6 Å². The first-order valence-electron chi connectivity index (χ1n) is 6.17. The number of rotatable bonds is 3. The number of nitrogens with zero attached hydrogens (tertiary/aromatic N) is 1. The monoisotopic (exact) mass is 286 g/mol. The molecule has 2 heterocycles. The van der Waals surface area contributed by atoms with Gasteiger partial charge in [-0.2, -0.15) is 0 Å². The Morgan fingerprint density at radius 1 is 1.53 bits per heavy atom. The smallest absolute Gasteiger partial charge is 0.289 e. The number of furan rings is 1. The van der Waals surface area contributed by atoms with Crippen LogP contribution in [0.4, 0.5) is 0 Å². The molecule has 7 heteroatoms. The summed E-state index contributed by atoms with van der Waals surface area (Å²) < 4.78 is 30.2. The Bertz CT molecular complexity index is 564.